The Morgan fingerprint density at radius 1 is 0.826 bits per heavy atom. The number of hydrogen-bond donors (Lipinski definition) is 2. The number of aromatic hydroxyl groups is 2. The maximum atomic E-state index is 11.4. The van der Waals surface area contributed by atoms with Crippen LogP contribution in [-0.2, 0) is 4.57 Å². The Balaban J connectivity index is 0.00000242. The van der Waals surface area contributed by atoms with Crippen LogP contribution < -0.4 is 68.9 Å². The fraction of sp³-hybridized carbons (Fsp3) is 0.200. The molecule has 2 aromatic rings. The van der Waals surface area contributed by atoms with Crippen molar-refractivity contribution in [3.05, 3.63) is 59.7 Å². The van der Waals surface area contributed by atoms with E-state index in [2.05, 4.69) is 0 Å². The van der Waals surface area contributed by atoms with Gasteiger partial charge in [-0.2, -0.15) is 0 Å². The van der Waals surface area contributed by atoms with Crippen LogP contribution in [0.5, 0.6) is 11.5 Å². The maximum Gasteiger partial charge on any atom is 1.00 e. The first-order valence-corrected chi connectivity index (χ1v) is 8.00. The molecule has 2 rings (SSSR count). The van der Waals surface area contributed by atoms with Crippen molar-refractivity contribution in [1.82, 2.24) is 0 Å². The predicted molar refractivity (Wildman–Crippen MR) is 75.1 cm³/mol. The van der Waals surface area contributed by atoms with E-state index in [-0.39, 0.29) is 70.6 Å². The largest absolute Gasteiger partial charge is 1.00 e. The SMILES string of the molecule is CC(C(c1ccc(O)cc1)c1ccc(O)cc1)P(=O)([O-])[O-].[Na+].[Na+]. The number of phenols is 2. The topological polar surface area (TPSA) is 104 Å². The predicted octanol–water partition coefficient (Wildman–Crippen LogP) is -4.46. The summed E-state index contributed by atoms with van der Waals surface area (Å²) in [4.78, 5) is 22.9. The molecular formula is C15H15Na2O5P. The summed E-state index contributed by atoms with van der Waals surface area (Å²) in [6, 6.07) is 12.1. The molecule has 0 saturated carbocycles. The normalized spacial score (nSPS) is 12.2. The molecule has 0 saturated heterocycles. The smallest absolute Gasteiger partial charge is 0.811 e. The van der Waals surface area contributed by atoms with Crippen LogP contribution in [0.1, 0.15) is 24.0 Å². The van der Waals surface area contributed by atoms with Crippen LogP contribution in [0.4, 0.5) is 0 Å². The summed E-state index contributed by atoms with van der Waals surface area (Å²) in [5.74, 6) is -0.543. The molecule has 2 aromatic carbocycles. The van der Waals surface area contributed by atoms with Crippen LogP contribution in [0.3, 0.4) is 0 Å². The van der Waals surface area contributed by atoms with Gasteiger partial charge in [0.15, 0.2) is 0 Å². The van der Waals surface area contributed by atoms with E-state index in [1.165, 1.54) is 31.2 Å². The van der Waals surface area contributed by atoms with Crippen molar-refractivity contribution in [2.45, 2.75) is 18.5 Å². The van der Waals surface area contributed by atoms with Gasteiger partial charge in [0.25, 0.3) is 0 Å². The number of hydrogen-bond acceptors (Lipinski definition) is 5. The molecule has 0 fully saturated rings. The van der Waals surface area contributed by atoms with E-state index in [4.69, 9.17) is 0 Å². The van der Waals surface area contributed by atoms with Gasteiger partial charge in [-0.3, -0.25) is 0 Å². The van der Waals surface area contributed by atoms with Gasteiger partial charge in [-0.15, -0.1) is 0 Å². The molecule has 0 aromatic heterocycles. The van der Waals surface area contributed by atoms with Crippen LogP contribution >= 0.6 is 7.60 Å². The summed E-state index contributed by atoms with van der Waals surface area (Å²) >= 11 is 0. The molecule has 1 atom stereocenters. The minimum absolute atomic E-state index is 0. The van der Waals surface area contributed by atoms with Crippen LogP contribution in [0, 0.1) is 0 Å². The minimum atomic E-state index is -4.79. The summed E-state index contributed by atoms with van der Waals surface area (Å²) in [6.45, 7) is 1.37. The van der Waals surface area contributed by atoms with E-state index < -0.39 is 19.2 Å². The first-order chi connectivity index (χ1) is 9.79. The Hall–Kier alpha value is 0.190. The Labute approximate surface area is 179 Å². The van der Waals surface area contributed by atoms with Crippen LogP contribution in [0.2, 0.25) is 0 Å². The first kappa shape index (κ1) is 23.2. The monoisotopic (exact) mass is 352 g/mol. The fourth-order valence-corrected chi connectivity index (χ4v) is 3.00. The molecule has 0 heterocycles. The van der Waals surface area contributed by atoms with Crippen molar-refractivity contribution in [2.24, 2.45) is 0 Å². The zero-order valence-corrected chi connectivity index (χ0v) is 18.2. The second-order valence-corrected chi connectivity index (χ2v) is 6.84. The van der Waals surface area contributed by atoms with Gasteiger partial charge in [0.2, 0.25) is 0 Å². The van der Waals surface area contributed by atoms with Crippen LogP contribution in [0.25, 0.3) is 0 Å². The quantitative estimate of drug-likeness (QED) is 0.427. The summed E-state index contributed by atoms with van der Waals surface area (Å²) in [5.41, 5.74) is 0.0717. The minimum Gasteiger partial charge on any atom is -0.811 e. The third-order valence-electron chi connectivity index (χ3n) is 3.49. The van der Waals surface area contributed by atoms with E-state index in [0.717, 1.165) is 0 Å². The van der Waals surface area contributed by atoms with Crippen molar-refractivity contribution < 1.29 is 83.7 Å². The fourth-order valence-electron chi connectivity index (χ4n) is 2.30. The van der Waals surface area contributed by atoms with Gasteiger partial charge < -0.3 is 24.6 Å². The van der Waals surface area contributed by atoms with Crippen molar-refractivity contribution >= 4 is 7.60 Å². The molecular weight excluding hydrogens is 337 g/mol. The van der Waals surface area contributed by atoms with Gasteiger partial charge >= 0.3 is 59.1 Å². The van der Waals surface area contributed by atoms with Gasteiger partial charge in [-0.05, 0) is 41.1 Å². The Kier molecular flexibility index (Phi) is 9.70. The van der Waals surface area contributed by atoms with Gasteiger partial charge in [0.1, 0.15) is 11.5 Å². The molecule has 5 nitrogen and oxygen atoms in total. The number of phenolic OH excluding ortho intramolecular Hbond substituents is 2. The van der Waals surface area contributed by atoms with E-state index >= 15 is 0 Å². The third-order valence-corrected chi connectivity index (χ3v) is 4.78. The number of benzene rings is 2. The molecule has 112 valence electrons. The van der Waals surface area contributed by atoms with Gasteiger partial charge in [-0.25, -0.2) is 0 Å². The van der Waals surface area contributed by atoms with Crippen LogP contribution in [-0.4, -0.2) is 15.9 Å². The number of rotatable bonds is 4. The zero-order valence-electron chi connectivity index (χ0n) is 13.3. The molecule has 0 amide bonds. The zero-order chi connectivity index (χ0) is 15.6. The molecule has 0 aliphatic rings. The van der Waals surface area contributed by atoms with Crippen LogP contribution in [0.15, 0.2) is 48.5 Å². The first-order valence-electron chi connectivity index (χ1n) is 6.38. The molecule has 8 heteroatoms. The van der Waals surface area contributed by atoms with Crippen molar-refractivity contribution in [3.63, 3.8) is 0 Å². The van der Waals surface area contributed by atoms with Crippen molar-refractivity contribution in [2.75, 3.05) is 0 Å². The van der Waals surface area contributed by atoms with E-state index in [1.54, 1.807) is 24.3 Å². The average Bonchev–Trinajstić information content (AvgIpc) is 2.42. The molecule has 1 unspecified atom stereocenters. The molecule has 0 bridgehead atoms. The standard InChI is InChI=1S/C15H17O5P.2Na/c1-10(21(18,19)20)15(11-2-6-13(16)7-3-11)12-4-8-14(17)9-5-12;;/h2-10,15-17H,1H3,(H2,18,19,20);;/q;2*+1/p-2. The second-order valence-electron chi connectivity index (χ2n) is 4.94. The summed E-state index contributed by atoms with van der Waals surface area (Å²) in [6.07, 6.45) is 0. The van der Waals surface area contributed by atoms with Crippen molar-refractivity contribution in [3.8, 4) is 11.5 Å². The van der Waals surface area contributed by atoms with E-state index in [9.17, 15) is 24.6 Å². The van der Waals surface area contributed by atoms with Gasteiger partial charge in [0.05, 0.1) is 0 Å². The van der Waals surface area contributed by atoms with Gasteiger partial charge in [0, 0.05) is 5.92 Å². The molecule has 0 spiro atoms. The third kappa shape index (κ3) is 6.20. The molecule has 0 aliphatic carbocycles. The average molecular weight is 352 g/mol. The second kappa shape index (κ2) is 9.62. The molecule has 0 radical (unpaired) electrons. The summed E-state index contributed by atoms with van der Waals surface area (Å²) in [7, 11) is -4.79. The Bertz CT molecular complexity index is 609. The maximum absolute atomic E-state index is 11.4. The summed E-state index contributed by atoms with van der Waals surface area (Å²) in [5, 5.41) is 18.7. The molecule has 0 aliphatic heterocycles. The van der Waals surface area contributed by atoms with Gasteiger partial charge in [-0.1, -0.05) is 38.8 Å². The summed E-state index contributed by atoms with van der Waals surface area (Å²) < 4.78 is 11.4. The van der Waals surface area contributed by atoms with E-state index in [0.29, 0.717) is 11.1 Å². The van der Waals surface area contributed by atoms with E-state index in [1.807, 2.05) is 0 Å². The molecule has 23 heavy (non-hydrogen) atoms. The van der Waals surface area contributed by atoms with Crippen molar-refractivity contribution in [1.29, 1.82) is 0 Å². The molecule has 2 N–H and O–H groups in total. The Morgan fingerprint density at radius 3 is 1.39 bits per heavy atom. The Morgan fingerprint density at radius 2 is 1.13 bits per heavy atom.